The standard InChI is InChI=1S/C12H14ClNO3/c1-7-2-5-11(17-7)12(16)14-8-3-4-10(15)9(13)6-8/h3-4,6-7,11,15H,2,5H2,1H3,(H,14,16). The second-order valence-corrected chi connectivity index (χ2v) is 4.58. The smallest absolute Gasteiger partial charge is 0.253 e. The monoisotopic (exact) mass is 255 g/mol. The first-order valence-corrected chi connectivity index (χ1v) is 5.89. The Morgan fingerprint density at radius 3 is 2.88 bits per heavy atom. The van der Waals surface area contributed by atoms with Crippen LogP contribution in [0.5, 0.6) is 5.75 Å². The molecule has 2 rings (SSSR count). The number of carbonyl (C=O) groups is 1. The van der Waals surface area contributed by atoms with Crippen molar-refractivity contribution >= 4 is 23.2 Å². The fourth-order valence-corrected chi connectivity index (χ4v) is 1.98. The number of hydrogen-bond acceptors (Lipinski definition) is 3. The molecule has 1 saturated heterocycles. The average molecular weight is 256 g/mol. The van der Waals surface area contributed by atoms with Crippen LogP contribution in [-0.4, -0.2) is 23.2 Å². The zero-order valence-corrected chi connectivity index (χ0v) is 10.2. The van der Waals surface area contributed by atoms with Crippen LogP contribution in [0.1, 0.15) is 19.8 Å². The number of carbonyl (C=O) groups excluding carboxylic acids is 1. The van der Waals surface area contributed by atoms with Crippen molar-refractivity contribution in [3.05, 3.63) is 23.2 Å². The van der Waals surface area contributed by atoms with E-state index in [4.69, 9.17) is 16.3 Å². The third kappa shape index (κ3) is 2.90. The maximum Gasteiger partial charge on any atom is 0.253 e. The quantitative estimate of drug-likeness (QED) is 0.799. The zero-order chi connectivity index (χ0) is 12.4. The van der Waals surface area contributed by atoms with Gasteiger partial charge in [-0.25, -0.2) is 0 Å². The normalized spacial score (nSPS) is 23.6. The Kier molecular flexibility index (Phi) is 3.54. The van der Waals surface area contributed by atoms with E-state index in [0.29, 0.717) is 5.69 Å². The zero-order valence-electron chi connectivity index (χ0n) is 9.44. The molecule has 2 atom stereocenters. The lowest BCUT2D eigenvalue weighted by molar-refractivity contribution is -0.126. The van der Waals surface area contributed by atoms with Crippen LogP contribution in [-0.2, 0) is 9.53 Å². The number of anilines is 1. The molecule has 4 nitrogen and oxygen atoms in total. The molecule has 2 N–H and O–H groups in total. The first-order valence-electron chi connectivity index (χ1n) is 5.51. The molecule has 0 bridgehead atoms. The number of halogens is 1. The van der Waals surface area contributed by atoms with E-state index in [1.54, 1.807) is 6.07 Å². The van der Waals surface area contributed by atoms with Crippen molar-refractivity contribution in [2.24, 2.45) is 0 Å². The predicted octanol–water partition coefficient (Wildman–Crippen LogP) is 2.55. The molecule has 0 spiro atoms. The number of hydrogen-bond donors (Lipinski definition) is 2. The Bertz CT molecular complexity index is 436. The van der Waals surface area contributed by atoms with Gasteiger partial charge in [-0.2, -0.15) is 0 Å². The van der Waals surface area contributed by atoms with E-state index in [2.05, 4.69) is 5.32 Å². The Morgan fingerprint density at radius 2 is 2.29 bits per heavy atom. The third-order valence-corrected chi connectivity index (χ3v) is 3.04. The Hall–Kier alpha value is -1.26. The van der Waals surface area contributed by atoms with E-state index in [9.17, 15) is 9.90 Å². The van der Waals surface area contributed by atoms with Gasteiger partial charge in [-0.1, -0.05) is 11.6 Å². The van der Waals surface area contributed by atoms with Gasteiger partial charge in [0.05, 0.1) is 11.1 Å². The van der Waals surface area contributed by atoms with Gasteiger partial charge in [0.25, 0.3) is 5.91 Å². The summed E-state index contributed by atoms with van der Waals surface area (Å²) < 4.78 is 5.45. The second kappa shape index (κ2) is 4.94. The largest absolute Gasteiger partial charge is 0.506 e. The minimum Gasteiger partial charge on any atom is -0.506 e. The SMILES string of the molecule is CC1CCC(C(=O)Nc2ccc(O)c(Cl)c2)O1. The number of phenols is 1. The van der Waals surface area contributed by atoms with E-state index in [-0.39, 0.29) is 22.8 Å². The maximum absolute atomic E-state index is 11.8. The summed E-state index contributed by atoms with van der Waals surface area (Å²) in [7, 11) is 0. The number of rotatable bonds is 2. The van der Waals surface area contributed by atoms with E-state index in [1.165, 1.54) is 12.1 Å². The van der Waals surface area contributed by atoms with Gasteiger partial charge in [-0.3, -0.25) is 4.79 Å². The molecule has 1 aromatic carbocycles. The predicted molar refractivity (Wildman–Crippen MR) is 65.3 cm³/mol. The maximum atomic E-state index is 11.8. The number of phenolic OH excluding ortho intramolecular Hbond substituents is 1. The van der Waals surface area contributed by atoms with Gasteiger partial charge in [0, 0.05) is 5.69 Å². The highest BCUT2D eigenvalue weighted by atomic mass is 35.5. The molecule has 0 saturated carbocycles. The Morgan fingerprint density at radius 1 is 1.53 bits per heavy atom. The molecule has 92 valence electrons. The van der Waals surface area contributed by atoms with Crippen molar-refractivity contribution < 1.29 is 14.6 Å². The van der Waals surface area contributed by atoms with E-state index in [0.717, 1.165) is 12.8 Å². The van der Waals surface area contributed by atoms with Crippen LogP contribution in [0.25, 0.3) is 0 Å². The minimum atomic E-state index is -0.391. The molecule has 1 aliphatic rings. The second-order valence-electron chi connectivity index (χ2n) is 4.17. The molecule has 1 amide bonds. The lowest BCUT2D eigenvalue weighted by Crippen LogP contribution is -2.27. The minimum absolute atomic E-state index is 0.00426. The van der Waals surface area contributed by atoms with Gasteiger partial charge >= 0.3 is 0 Å². The Labute approximate surface area is 105 Å². The van der Waals surface area contributed by atoms with Gasteiger partial charge in [0.15, 0.2) is 0 Å². The molecule has 0 aliphatic carbocycles. The van der Waals surface area contributed by atoms with Crippen LogP contribution >= 0.6 is 11.6 Å². The van der Waals surface area contributed by atoms with Crippen molar-refractivity contribution in [1.82, 2.24) is 0 Å². The number of benzene rings is 1. The van der Waals surface area contributed by atoms with E-state index < -0.39 is 6.10 Å². The molecule has 1 fully saturated rings. The van der Waals surface area contributed by atoms with Crippen LogP contribution in [0.15, 0.2) is 18.2 Å². The van der Waals surface area contributed by atoms with Gasteiger partial charge < -0.3 is 15.2 Å². The summed E-state index contributed by atoms with van der Waals surface area (Å²) >= 11 is 5.75. The third-order valence-electron chi connectivity index (χ3n) is 2.74. The van der Waals surface area contributed by atoms with Crippen molar-refractivity contribution in [3.63, 3.8) is 0 Å². The number of ether oxygens (including phenoxy) is 1. The number of nitrogens with one attached hydrogen (secondary N) is 1. The van der Waals surface area contributed by atoms with Gasteiger partial charge in [-0.05, 0) is 38.0 Å². The van der Waals surface area contributed by atoms with Crippen molar-refractivity contribution in [3.8, 4) is 5.75 Å². The fraction of sp³-hybridized carbons (Fsp3) is 0.417. The Balaban J connectivity index is 2.00. The molecule has 1 heterocycles. The molecule has 17 heavy (non-hydrogen) atoms. The van der Waals surface area contributed by atoms with Crippen LogP contribution in [0.3, 0.4) is 0 Å². The molecular formula is C12H14ClNO3. The molecule has 0 aromatic heterocycles. The average Bonchev–Trinajstić information content (AvgIpc) is 2.70. The van der Waals surface area contributed by atoms with E-state index >= 15 is 0 Å². The summed E-state index contributed by atoms with van der Waals surface area (Å²) in [6, 6.07) is 4.54. The summed E-state index contributed by atoms with van der Waals surface area (Å²) in [5.74, 6) is -0.175. The van der Waals surface area contributed by atoms with Crippen LogP contribution in [0, 0.1) is 0 Å². The molecule has 5 heteroatoms. The van der Waals surface area contributed by atoms with Crippen molar-refractivity contribution in [1.29, 1.82) is 0 Å². The van der Waals surface area contributed by atoms with Crippen LogP contribution in [0.4, 0.5) is 5.69 Å². The van der Waals surface area contributed by atoms with Gasteiger partial charge in [-0.15, -0.1) is 0 Å². The molecule has 0 radical (unpaired) electrons. The fourth-order valence-electron chi connectivity index (χ4n) is 1.80. The van der Waals surface area contributed by atoms with Crippen LogP contribution in [0.2, 0.25) is 5.02 Å². The highest BCUT2D eigenvalue weighted by Crippen LogP contribution is 2.27. The molecule has 1 aliphatic heterocycles. The van der Waals surface area contributed by atoms with Crippen molar-refractivity contribution in [2.45, 2.75) is 32.0 Å². The number of amides is 1. The van der Waals surface area contributed by atoms with Crippen LogP contribution < -0.4 is 5.32 Å². The first kappa shape index (κ1) is 12.2. The molecule has 1 aromatic rings. The van der Waals surface area contributed by atoms with Crippen molar-refractivity contribution in [2.75, 3.05) is 5.32 Å². The summed E-state index contributed by atoms with van der Waals surface area (Å²) in [5, 5.41) is 12.2. The highest BCUT2D eigenvalue weighted by Gasteiger charge is 2.28. The lowest BCUT2D eigenvalue weighted by atomic mass is 10.2. The summed E-state index contributed by atoms with van der Waals surface area (Å²) in [4.78, 5) is 11.8. The van der Waals surface area contributed by atoms with E-state index in [1.807, 2.05) is 6.92 Å². The number of aromatic hydroxyl groups is 1. The van der Waals surface area contributed by atoms with Gasteiger partial charge in [0.1, 0.15) is 11.9 Å². The molecule has 2 unspecified atom stereocenters. The first-order chi connectivity index (χ1) is 8.06. The summed E-state index contributed by atoms with van der Waals surface area (Å²) in [6.07, 6.45) is 1.37. The lowest BCUT2D eigenvalue weighted by Gasteiger charge is -2.12. The summed E-state index contributed by atoms with van der Waals surface area (Å²) in [5.41, 5.74) is 0.556. The van der Waals surface area contributed by atoms with Gasteiger partial charge in [0.2, 0.25) is 0 Å². The summed E-state index contributed by atoms with van der Waals surface area (Å²) in [6.45, 7) is 1.95. The topological polar surface area (TPSA) is 58.6 Å². The highest BCUT2D eigenvalue weighted by molar-refractivity contribution is 6.32. The molecular weight excluding hydrogens is 242 g/mol.